The molecule has 0 amide bonds. The third-order valence-electron chi connectivity index (χ3n) is 3.99. The van der Waals surface area contributed by atoms with Crippen LogP contribution < -0.4 is 5.32 Å². The Bertz CT molecular complexity index is 632. The standard InChI is InChI=1S/C16H19N3S/c1-12-6-3-4-7-14(12)17-16(20)19-11-10-18-9-5-8-15(18)13(19)2/h3-9,13H,10-11H2,1-2H3,(H,17,20)/t13-/m0/s1. The maximum Gasteiger partial charge on any atom is 0.174 e. The van der Waals surface area contributed by atoms with Crippen molar-refractivity contribution >= 4 is 23.0 Å². The van der Waals surface area contributed by atoms with Crippen molar-refractivity contribution in [3.8, 4) is 0 Å². The van der Waals surface area contributed by atoms with Gasteiger partial charge >= 0.3 is 0 Å². The highest BCUT2D eigenvalue weighted by atomic mass is 32.1. The summed E-state index contributed by atoms with van der Waals surface area (Å²) < 4.78 is 2.30. The SMILES string of the molecule is Cc1ccccc1NC(=S)N1CCn2cccc2[C@@H]1C. The molecule has 1 N–H and O–H groups in total. The van der Waals surface area contributed by atoms with Gasteiger partial charge < -0.3 is 14.8 Å². The number of rotatable bonds is 1. The number of nitrogens with zero attached hydrogens (tertiary/aromatic N) is 2. The third-order valence-corrected chi connectivity index (χ3v) is 4.33. The van der Waals surface area contributed by atoms with Crippen LogP contribution >= 0.6 is 12.2 Å². The van der Waals surface area contributed by atoms with Gasteiger partial charge in [-0.3, -0.25) is 0 Å². The number of nitrogens with one attached hydrogen (secondary N) is 1. The molecule has 3 rings (SSSR count). The summed E-state index contributed by atoms with van der Waals surface area (Å²) in [7, 11) is 0. The lowest BCUT2D eigenvalue weighted by molar-refractivity contribution is 0.276. The van der Waals surface area contributed by atoms with Crippen LogP contribution in [0.5, 0.6) is 0 Å². The second-order valence-electron chi connectivity index (χ2n) is 5.24. The Morgan fingerprint density at radius 1 is 1.20 bits per heavy atom. The summed E-state index contributed by atoms with van der Waals surface area (Å²) in [4.78, 5) is 2.26. The molecule has 0 saturated heterocycles. The first-order valence-corrected chi connectivity index (χ1v) is 7.36. The first kappa shape index (κ1) is 13.2. The van der Waals surface area contributed by atoms with Crippen molar-refractivity contribution in [3.05, 3.63) is 53.9 Å². The number of para-hydroxylation sites is 1. The van der Waals surface area contributed by atoms with Gasteiger partial charge in [-0.25, -0.2) is 0 Å². The predicted molar refractivity (Wildman–Crippen MR) is 87.0 cm³/mol. The van der Waals surface area contributed by atoms with Gasteiger partial charge in [0.05, 0.1) is 6.04 Å². The van der Waals surface area contributed by atoms with E-state index in [9.17, 15) is 0 Å². The van der Waals surface area contributed by atoms with E-state index in [1.165, 1.54) is 11.3 Å². The minimum absolute atomic E-state index is 0.308. The van der Waals surface area contributed by atoms with Crippen molar-refractivity contribution in [2.24, 2.45) is 0 Å². The fourth-order valence-corrected chi connectivity index (χ4v) is 3.12. The first-order valence-electron chi connectivity index (χ1n) is 6.95. The number of benzene rings is 1. The van der Waals surface area contributed by atoms with Gasteiger partial charge in [0.15, 0.2) is 5.11 Å². The molecule has 2 aromatic rings. The normalized spacial score (nSPS) is 17.7. The summed E-state index contributed by atoms with van der Waals surface area (Å²) in [6, 6.07) is 12.8. The number of anilines is 1. The van der Waals surface area contributed by atoms with E-state index in [0.717, 1.165) is 23.9 Å². The molecule has 0 spiro atoms. The third kappa shape index (κ3) is 2.31. The number of aromatic nitrogens is 1. The van der Waals surface area contributed by atoms with Crippen LogP contribution in [0.15, 0.2) is 42.6 Å². The molecule has 0 radical (unpaired) electrons. The maximum atomic E-state index is 5.60. The molecule has 1 atom stereocenters. The molecule has 0 fully saturated rings. The minimum Gasteiger partial charge on any atom is -0.348 e. The molecule has 2 heterocycles. The number of hydrogen-bond acceptors (Lipinski definition) is 1. The molecule has 1 aliphatic heterocycles. The van der Waals surface area contributed by atoms with Crippen LogP contribution in [-0.4, -0.2) is 21.1 Å². The zero-order valence-electron chi connectivity index (χ0n) is 11.8. The van der Waals surface area contributed by atoms with Crippen molar-refractivity contribution in [1.29, 1.82) is 0 Å². The Balaban J connectivity index is 1.77. The summed E-state index contributed by atoms with van der Waals surface area (Å²) in [6.45, 7) is 6.23. The van der Waals surface area contributed by atoms with E-state index in [-0.39, 0.29) is 0 Å². The Morgan fingerprint density at radius 3 is 2.80 bits per heavy atom. The van der Waals surface area contributed by atoms with Gasteiger partial charge in [0, 0.05) is 30.7 Å². The number of fused-ring (bicyclic) bond motifs is 1. The van der Waals surface area contributed by atoms with E-state index >= 15 is 0 Å². The highest BCUT2D eigenvalue weighted by molar-refractivity contribution is 7.80. The average Bonchev–Trinajstić information content (AvgIpc) is 2.91. The highest BCUT2D eigenvalue weighted by Crippen LogP contribution is 2.26. The molecule has 1 aromatic heterocycles. The first-order chi connectivity index (χ1) is 9.66. The summed E-state index contributed by atoms with van der Waals surface area (Å²) in [6.07, 6.45) is 2.14. The van der Waals surface area contributed by atoms with E-state index in [1.54, 1.807) is 0 Å². The summed E-state index contributed by atoms with van der Waals surface area (Å²) >= 11 is 5.60. The van der Waals surface area contributed by atoms with Crippen molar-refractivity contribution in [2.45, 2.75) is 26.4 Å². The largest absolute Gasteiger partial charge is 0.348 e. The van der Waals surface area contributed by atoms with E-state index in [2.05, 4.69) is 59.1 Å². The smallest absolute Gasteiger partial charge is 0.174 e. The molecule has 3 nitrogen and oxygen atoms in total. The summed E-state index contributed by atoms with van der Waals surface area (Å²) in [5.41, 5.74) is 3.62. The van der Waals surface area contributed by atoms with Crippen molar-refractivity contribution < 1.29 is 0 Å². The predicted octanol–water partition coefficient (Wildman–Crippen LogP) is 3.57. The van der Waals surface area contributed by atoms with Gasteiger partial charge in [-0.1, -0.05) is 18.2 Å². The fraction of sp³-hybridized carbons (Fsp3) is 0.312. The monoisotopic (exact) mass is 285 g/mol. The molecular weight excluding hydrogens is 266 g/mol. The van der Waals surface area contributed by atoms with E-state index < -0.39 is 0 Å². The maximum absolute atomic E-state index is 5.60. The lowest BCUT2D eigenvalue weighted by Gasteiger charge is -2.37. The van der Waals surface area contributed by atoms with Crippen LogP contribution in [0, 0.1) is 6.92 Å². The molecule has 0 saturated carbocycles. The zero-order chi connectivity index (χ0) is 14.1. The van der Waals surface area contributed by atoms with Gasteiger partial charge in [-0.05, 0) is 49.8 Å². The summed E-state index contributed by atoms with van der Waals surface area (Å²) in [5.74, 6) is 0. The van der Waals surface area contributed by atoms with E-state index in [0.29, 0.717) is 6.04 Å². The van der Waals surface area contributed by atoms with Gasteiger partial charge in [0.2, 0.25) is 0 Å². The van der Waals surface area contributed by atoms with Crippen molar-refractivity contribution in [2.75, 3.05) is 11.9 Å². The second kappa shape index (κ2) is 5.29. The lowest BCUT2D eigenvalue weighted by atomic mass is 10.1. The van der Waals surface area contributed by atoms with Gasteiger partial charge in [-0.15, -0.1) is 0 Å². The summed E-state index contributed by atoms with van der Waals surface area (Å²) in [5, 5.41) is 4.19. The van der Waals surface area contributed by atoms with Gasteiger partial charge in [0.25, 0.3) is 0 Å². The van der Waals surface area contributed by atoms with Gasteiger partial charge in [-0.2, -0.15) is 0 Å². The minimum atomic E-state index is 0.308. The van der Waals surface area contributed by atoms with E-state index in [4.69, 9.17) is 12.2 Å². The fourth-order valence-electron chi connectivity index (χ4n) is 2.76. The molecule has 0 aliphatic carbocycles. The zero-order valence-corrected chi connectivity index (χ0v) is 12.7. The van der Waals surface area contributed by atoms with E-state index in [1.807, 2.05) is 12.1 Å². The quantitative estimate of drug-likeness (QED) is 0.809. The van der Waals surface area contributed by atoms with Crippen LogP contribution in [0.3, 0.4) is 0 Å². The Labute approximate surface area is 125 Å². The molecular formula is C16H19N3S. The molecule has 1 aliphatic rings. The van der Waals surface area contributed by atoms with Crippen LogP contribution in [0.4, 0.5) is 5.69 Å². The van der Waals surface area contributed by atoms with Crippen molar-refractivity contribution in [3.63, 3.8) is 0 Å². The molecule has 0 bridgehead atoms. The Kier molecular flexibility index (Phi) is 3.49. The van der Waals surface area contributed by atoms with Crippen LogP contribution in [0.2, 0.25) is 0 Å². The Hall–Kier alpha value is -1.81. The highest BCUT2D eigenvalue weighted by Gasteiger charge is 2.25. The number of hydrogen-bond donors (Lipinski definition) is 1. The van der Waals surface area contributed by atoms with Crippen LogP contribution in [0.25, 0.3) is 0 Å². The lowest BCUT2D eigenvalue weighted by Crippen LogP contribution is -2.42. The molecule has 1 aromatic carbocycles. The van der Waals surface area contributed by atoms with Crippen LogP contribution in [-0.2, 0) is 6.54 Å². The molecule has 104 valence electrons. The Morgan fingerprint density at radius 2 is 2.00 bits per heavy atom. The average molecular weight is 285 g/mol. The molecule has 20 heavy (non-hydrogen) atoms. The molecule has 4 heteroatoms. The molecule has 0 unspecified atom stereocenters. The number of thiocarbonyl (C=S) groups is 1. The van der Waals surface area contributed by atoms with Gasteiger partial charge in [0.1, 0.15) is 0 Å². The van der Waals surface area contributed by atoms with Crippen molar-refractivity contribution in [1.82, 2.24) is 9.47 Å². The van der Waals surface area contributed by atoms with Crippen LogP contribution in [0.1, 0.15) is 24.2 Å². The second-order valence-corrected chi connectivity index (χ2v) is 5.63. The number of aryl methyl sites for hydroxylation is 1. The topological polar surface area (TPSA) is 20.2 Å².